The molecule has 0 aliphatic heterocycles. The molecule has 0 bridgehead atoms. The fraction of sp³-hybridized carbons (Fsp3) is 0.489. The molecule has 0 unspecified atom stereocenters. The number of pyridine rings is 1. The van der Waals surface area contributed by atoms with Crippen LogP contribution in [0.4, 0.5) is 0 Å². The average Bonchev–Trinajstić information content (AvgIpc) is 4.01. The van der Waals surface area contributed by atoms with Crippen LogP contribution in [0.3, 0.4) is 0 Å². The van der Waals surface area contributed by atoms with Crippen LogP contribution in [0.5, 0.6) is 0 Å². The van der Waals surface area contributed by atoms with Gasteiger partial charge in [-0.25, -0.2) is 0 Å². The van der Waals surface area contributed by atoms with Gasteiger partial charge in [-0.3, -0.25) is 4.79 Å². The minimum Gasteiger partial charge on any atom is -0.512 e. The summed E-state index contributed by atoms with van der Waals surface area (Å²) in [6, 6.07) is 21.8. The molecule has 2 heterocycles. The number of aromatic nitrogens is 1. The van der Waals surface area contributed by atoms with Gasteiger partial charge in [0, 0.05) is 49.6 Å². The van der Waals surface area contributed by atoms with Crippen LogP contribution in [0, 0.1) is 17.9 Å². The summed E-state index contributed by atoms with van der Waals surface area (Å²) in [5.41, 5.74) is 8.06. The van der Waals surface area contributed by atoms with Crippen LogP contribution in [0.15, 0.2) is 71.0 Å². The molecule has 5 heteroatoms. The molecule has 4 aliphatic carbocycles. The van der Waals surface area contributed by atoms with Gasteiger partial charge in [0.25, 0.3) is 0 Å². The molecule has 9 rings (SSSR count). The molecule has 0 saturated heterocycles. The Morgan fingerprint density at radius 3 is 2.10 bits per heavy atom. The number of ketones is 1. The van der Waals surface area contributed by atoms with Crippen LogP contribution >= 0.6 is 0 Å². The Kier molecular flexibility index (Phi) is 11.7. The Morgan fingerprint density at radius 1 is 0.769 bits per heavy atom. The largest absolute Gasteiger partial charge is 0.512 e. The number of carbonyl (C=O) groups excluding carboxylic acids is 1. The third-order valence-electron chi connectivity index (χ3n) is 12.7. The minimum atomic E-state index is 0. The minimum absolute atomic E-state index is 0. The number of fused-ring (bicyclic) bond motifs is 4. The molecule has 5 aromatic rings. The molecule has 2 aromatic heterocycles. The van der Waals surface area contributed by atoms with Gasteiger partial charge in [-0.05, 0) is 103 Å². The number of nitrogens with zero attached hydrogens (tertiary/aromatic N) is 1. The van der Waals surface area contributed by atoms with Crippen LogP contribution in [-0.4, -0.2) is 15.9 Å². The van der Waals surface area contributed by atoms with Crippen LogP contribution in [-0.2, 0) is 24.9 Å². The van der Waals surface area contributed by atoms with Crippen LogP contribution in [0.2, 0.25) is 0 Å². The zero-order valence-corrected chi connectivity index (χ0v) is 33.4. The van der Waals surface area contributed by atoms with E-state index < -0.39 is 0 Å². The molecule has 4 fully saturated rings. The van der Waals surface area contributed by atoms with Gasteiger partial charge in [0.1, 0.15) is 5.58 Å². The predicted molar refractivity (Wildman–Crippen MR) is 209 cm³/mol. The zero-order valence-electron chi connectivity index (χ0n) is 31.0. The summed E-state index contributed by atoms with van der Waals surface area (Å²) < 4.78 is 6.52. The number of benzene rings is 3. The van der Waals surface area contributed by atoms with Crippen LogP contribution in [0.1, 0.15) is 151 Å². The number of hydrogen-bond acceptors (Lipinski definition) is 4. The Balaban J connectivity index is 0.000000222. The van der Waals surface area contributed by atoms with Crippen molar-refractivity contribution in [2.45, 2.75) is 134 Å². The maximum atomic E-state index is 11.8. The zero-order chi connectivity index (χ0) is 34.9. The molecule has 4 nitrogen and oxygen atoms in total. The van der Waals surface area contributed by atoms with Gasteiger partial charge in [-0.2, -0.15) is 0 Å². The van der Waals surface area contributed by atoms with Crippen LogP contribution in [0.25, 0.3) is 44.0 Å². The maximum absolute atomic E-state index is 11.8. The summed E-state index contributed by atoms with van der Waals surface area (Å²) in [7, 11) is 0. The van der Waals surface area contributed by atoms with E-state index in [-0.39, 0.29) is 37.7 Å². The van der Waals surface area contributed by atoms with E-state index in [2.05, 4.69) is 74.6 Å². The molecule has 3 aromatic carbocycles. The third-order valence-corrected chi connectivity index (χ3v) is 12.7. The van der Waals surface area contributed by atoms with Crippen molar-refractivity contribution in [1.82, 2.24) is 4.98 Å². The fourth-order valence-corrected chi connectivity index (χ4v) is 9.68. The van der Waals surface area contributed by atoms with E-state index in [1.54, 1.807) is 0 Å². The third kappa shape index (κ3) is 7.56. The second kappa shape index (κ2) is 16.4. The second-order valence-corrected chi connectivity index (χ2v) is 16.4. The molecule has 52 heavy (non-hydrogen) atoms. The van der Waals surface area contributed by atoms with Gasteiger partial charge in [-0.1, -0.05) is 113 Å². The number of hydrogen-bond donors (Lipinski definition) is 1. The monoisotopic (exact) mass is 873 g/mol. The van der Waals surface area contributed by atoms with Crippen molar-refractivity contribution in [3.8, 4) is 11.3 Å². The molecular weight excluding hydrogens is 819 g/mol. The SMILES string of the molecule is CC(C)c1cnc(-c2[c-]c(C3CCCC3)cc3c2oc2ccccc23)c2ccc(C3CCCC3)cc12.O=C(/C=C(\O)C1CCCC1)C1CCCC1.[Ir]. The first kappa shape index (κ1) is 37.1. The van der Waals surface area contributed by atoms with Crippen molar-refractivity contribution in [2.75, 3.05) is 0 Å². The van der Waals surface area contributed by atoms with E-state index in [1.807, 2.05) is 0 Å². The van der Waals surface area contributed by atoms with Gasteiger partial charge < -0.3 is 14.5 Å². The summed E-state index contributed by atoms with van der Waals surface area (Å²) in [5.74, 6) is 2.69. The first-order valence-corrected chi connectivity index (χ1v) is 20.2. The fourth-order valence-electron chi connectivity index (χ4n) is 9.68. The Bertz CT molecular complexity index is 2050. The Labute approximate surface area is 323 Å². The van der Waals surface area contributed by atoms with E-state index in [4.69, 9.17) is 9.40 Å². The first-order chi connectivity index (χ1) is 24.9. The summed E-state index contributed by atoms with van der Waals surface area (Å²) in [4.78, 5) is 16.9. The Morgan fingerprint density at radius 2 is 1.40 bits per heavy atom. The molecular formula is C47H54IrNO3-. The van der Waals surface area contributed by atoms with E-state index in [1.165, 1.54) is 121 Å². The first-order valence-electron chi connectivity index (χ1n) is 20.2. The quantitative estimate of drug-likeness (QED) is 0.101. The molecule has 1 radical (unpaired) electrons. The van der Waals surface area contributed by atoms with Crippen molar-refractivity contribution in [1.29, 1.82) is 0 Å². The Hall–Kier alpha value is -3.27. The predicted octanol–water partition coefficient (Wildman–Crippen LogP) is 13.4. The summed E-state index contributed by atoms with van der Waals surface area (Å²) in [5, 5.41) is 14.8. The van der Waals surface area contributed by atoms with Gasteiger partial charge in [0.05, 0.1) is 11.3 Å². The molecule has 1 N–H and O–H groups in total. The standard InChI is InChI=1S/C34H34NO.C13H20O2.Ir/c1-21(2)31-20-35-33(27-16-15-24(17-28(27)31)22-9-3-4-10-22)30-19-25(23-11-5-6-12-23)18-29-26-13-7-8-14-32(26)36-34(29)30;14-12(10-5-1-2-6-10)9-13(15)11-7-3-4-8-11;/h7-8,13-18,20-23H,3-6,9-12H2,1-2H3;9-11,14H,1-8H2;/q-1;;/b;12-9-;. The van der Waals surface area contributed by atoms with Gasteiger partial charge in [0.15, 0.2) is 5.78 Å². The molecule has 275 valence electrons. The van der Waals surface area contributed by atoms with Crippen molar-refractivity contribution in [3.05, 3.63) is 89.3 Å². The number of aliphatic hydroxyl groups is 1. The molecule has 4 aliphatic rings. The van der Waals surface area contributed by atoms with Crippen molar-refractivity contribution < 1.29 is 34.4 Å². The molecule has 0 atom stereocenters. The number of allylic oxidation sites excluding steroid dienone is 2. The number of aliphatic hydroxyl groups excluding tert-OH is 1. The maximum Gasteiger partial charge on any atom is 0.162 e. The van der Waals surface area contributed by atoms with E-state index in [0.29, 0.717) is 23.5 Å². The topological polar surface area (TPSA) is 63.3 Å². The van der Waals surface area contributed by atoms with Gasteiger partial charge >= 0.3 is 0 Å². The van der Waals surface area contributed by atoms with Crippen molar-refractivity contribution in [3.63, 3.8) is 0 Å². The summed E-state index contributed by atoms with van der Waals surface area (Å²) >= 11 is 0. The van der Waals surface area contributed by atoms with Crippen molar-refractivity contribution in [2.24, 2.45) is 11.8 Å². The number of carbonyl (C=O) groups is 1. The molecule has 0 amide bonds. The van der Waals surface area contributed by atoms with Gasteiger partial charge in [0.2, 0.25) is 0 Å². The normalized spacial score (nSPS) is 19.2. The molecule has 4 saturated carbocycles. The average molecular weight is 873 g/mol. The number of para-hydroxylation sites is 1. The number of furan rings is 1. The second-order valence-electron chi connectivity index (χ2n) is 16.4. The van der Waals surface area contributed by atoms with E-state index in [0.717, 1.165) is 48.1 Å². The van der Waals surface area contributed by atoms with E-state index in [9.17, 15) is 9.90 Å². The van der Waals surface area contributed by atoms with Crippen molar-refractivity contribution >= 4 is 38.5 Å². The smallest absolute Gasteiger partial charge is 0.162 e. The van der Waals surface area contributed by atoms with E-state index >= 15 is 0 Å². The van der Waals surface area contributed by atoms with Crippen LogP contribution < -0.4 is 0 Å². The number of rotatable bonds is 7. The van der Waals surface area contributed by atoms with Gasteiger partial charge in [-0.15, -0.1) is 17.7 Å². The summed E-state index contributed by atoms with van der Waals surface area (Å²) in [6.45, 7) is 4.56. The summed E-state index contributed by atoms with van der Waals surface area (Å²) in [6.07, 6.45) is 23.0. The molecule has 0 spiro atoms.